The number of hydrogen-bond acceptors (Lipinski definition) is 3. The van der Waals surface area contributed by atoms with Gasteiger partial charge in [-0.2, -0.15) is 0 Å². The third-order valence-corrected chi connectivity index (χ3v) is 3.82. The van der Waals surface area contributed by atoms with Gasteiger partial charge in [-0.05, 0) is 28.5 Å². The Morgan fingerprint density at radius 2 is 1.94 bits per heavy atom. The highest BCUT2D eigenvalue weighted by molar-refractivity contribution is 7.13. The lowest BCUT2D eigenvalue weighted by Gasteiger charge is -2.18. The highest BCUT2D eigenvalue weighted by Gasteiger charge is 2.20. The van der Waals surface area contributed by atoms with Crippen molar-refractivity contribution in [2.75, 3.05) is 0 Å². The van der Waals surface area contributed by atoms with Crippen LogP contribution in [0.15, 0.2) is 40.1 Å². The van der Waals surface area contributed by atoms with Crippen LogP contribution in [0.25, 0.3) is 21.9 Å². The van der Waals surface area contributed by atoms with E-state index in [1.54, 1.807) is 11.3 Å². The van der Waals surface area contributed by atoms with Crippen LogP contribution in [0.5, 0.6) is 0 Å². The molecule has 2 aromatic heterocycles. The number of aromatic nitrogens is 1. The molecule has 0 aliphatic carbocycles. The fraction of sp³-hybridized carbons (Fsp3) is 0.267. The van der Waals surface area contributed by atoms with E-state index in [2.05, 4.69) is 31.8 Å². The monoisotopic (exact) mass is 257 g/mol. The van der Waals surface area contributed by atoms with Crippen molar-refractivity contribution in [1.29, 1.82) is 0 Å². The van der Waals surface area contributed by atoms with Crippen LogP contribution >= 0.6 is 11.3 Å². The summed E-state index contributed by atoms with van der Waals surface area (Å²) in [6.07, 6.45) is 0. The van der Waals surface area contributed by atoms with Crippen molar-refractivity contribution in [2.45, 2.75) is 26.2 Å². The molecule has 0 amide bonds. The van der Waals surface area contributed by atoms with Gasteiger partial charge in [0.15, 0.2) is 5.58 Å². The molecule has 0 saturated heterocycles. The number of thiophene rings is 1. The van der Waals surface area contributed by atoms with Gasteiger partial charge in [0.2, 0.25) is 5.89 Å². The van der Waals surface area contributed by atoms with Crippen molar-refractivity contribution in [3.05, 3.63) is 41.3 Å². The zero-order chi connectivity index (χ0) is 12.8. The standard InChI is InChI=1S/C15H15NOS/c1-15(2,3)10-6-4-7-11-13(10)16-14(17-11)12-8-5-9-18-12/h4-9H,1-3H3. The molecule has 0 saturated carbocycles. The molecule has 3 heteroatoms. The third kappa shape index (κ3) is 1.85. The van der Waals surface area contributed by atoms with Crippen molar-refractivity contribution in [1.82, 2.24) is 4.98 Å². The summed E-state index contributed by atoms with van der Waals surface area (Å²) in [4.78, 5) is 5.74. The second-order valence-corrected chi connectivity index (χ2v) is 6.35. The third-order valence-electron chi connectivity index (χ3n) is 2.96. The van der Waals surface area contributed by atoms with Gasteiger partial charge in [-0.3, -0.25) is 0 Å². The van der Waals surface area contributed by atoms with E-state index in [1.807, 2.05) is 29.6 Å². The Morgan fingerprint density at radius 1 is 1.11 bits per heavy atom. The predicted molar refractivity (Wildman–Crippen MR) is 76.0 cm³/mol. The Bertz CT molecular complexity index is 674. The zero-order valence-corrected chi connectivity index (χ0v) is 11.5. The molecular formula is C15H15NOS. The summed E-state index contributed by atoms with van der Waals surface area (Å²) in [6.45, 7) is 6.59. The minimum absolute atomic E-state index is 0.0725. The minimum atomic E-state index is 0.0725. The van der Waals surface area contributed by atoms with Crippen molar-refractivity contribution in [3.8, 4) is 10.8 Å². The number of para-hydroxylation sites is 1. The van der Waals surface area contributed by atoms with Crippen LogP contribution in [-0.2, 0) is 5.41 Å². The number of rotatable bonds is 1. The second kappa shape index (κ2) is 3.95. The van der Waals surface area contributed by atoms with E-state index in [-0.39, 0.29) is 5.41 Å². The predicted octanol–water partition coefficient (Wildman–Crippen LogP) is 4.85. The van der Waals surface area contributed by atoms with Gasteiger partial charge in [-0.1, -0.05) is 39.0 Å². The molecule has 0 N–H and O–H groups in total. The molecule has 0 fully saturated rings. The van der Waals surface area contributed by atoms with Crippen LogP contribution in [0.2, 0.25) is 0 Å². The second-order valence-electron chi connectivity index (χ2n) is 5.40. The summed E-state index contributed by atoms with van der Waals surface area (Å²) < 4.78 is 5.85. The van der Waals surface area contributed by atoms with E-state index in [0.717, 1.165) is 21.9 Å². The van der Waals surface area contributed by atoms with Crippen LogP contribution < -0.4 is 0 Å². The SMILES string of the molecule is CC(C)(C)c1cccc2oc(-c3cccs3)nc12. The van der Waals surface area contributed by atoms with Crippen molar-refractivity contribution >= 4 is 22.4 Å². The number of oxazole rings is 1. The first-order chi connectivity index (χ1) is 8.55. The highest BCUT2D eigenvalue weighted by atomic mass is 32.1. The first-order valence-electron chi connectivity index (χ1n) is 5.99. The molecule has 92 valence electrons. The molecule has 2 nitrogen and oxygen atoms in total. The van der Waals surface area contributed by atoms with Gasteiger partial charge in [-0.25, -0.2) is 4.98 Å². The van der Waals surface area contributed by atoms with E-state index in [4.69, 9.17) is 4.42 Å². The Morgan fingerprint density at radius 3 is 2.61 bits per heavy atom. The summed E-state index contributed by atoms with van der Waals surface area (Å²) in [5.41, 5.74) is 3.15. The van der Waals surface area contributed by atoms with E-state index < -0.39 is 0 Å². The van der Waals surface area contributed by atoms with Crippen molar-refractivity contribution < 1.29 is 4.42 Å². The Hall–Kier alpha value is -1.61. The molecule has 0 atom stereocenters. The fourth-order valence-electron chi connectivity index (χ4n) is 2.06. The summed E-state index contributed by atoms with van der Waals surface area (Å²) in [6, 6.07) is 10.2. The zero-order valence-electron chi connectivity index (χ0n) is 10.7. The largest absolute Gasteiger partial charge is 0.435 e. The summed E-state index contributed by atoms with van der Waals surface area (Å²) in [7, 11) is 0. The molecule has 18 heavy (non-hydrogen) atoms. The van der Waals surface area contributed by atoms with Crippen LogP contribution in [0.3, 0.4) is 0 Å². The summed E-state index contributed by atoms with van der Waals surface area (Å²) in [5, 5.41) is 2.04. The number of fused-ring (bicyclic) bond motifs is 1. The Kier molecular flexibility index (Phi) is 2.52. The molecule has 0 unspecified atom stereocenters. The van der Waals surface area contributed by atoms with E-state index in [9.17, 15) is 0 Å². The van der Waals surface area contributed by atoms with E-state index >= 15 is 0 Å². The molecule has 3 aromatic rings. The smallest absolute Gasteiger partial charge is 0.237 e. The van der Waals surface area contributed by atoms with Crippen molar-refractivity contribution in [2.24, 2.45) is 0 Å². The molecule has 0 radical (unpaired) electrons. The van der Waals surface area contributed by atoms with Gasteiger partial charge in [0.05, 0.1) is 4.88 Å². The Balaban J connectivity index is 2.24. The van der Waals surface area contributed by atoms with E-state index in [0.29, 0.717) is 0 Å². The molecule has 0 aliphatic rings. The normalized spacial score (nSPS) is 12.2. The molecule has 0 bridgehead atoms. The van der Waals surface area contributed by atoms with E-state index in [1.165, 1.54) is 5.56 Å². The van der Waals surface area contributed by atoms with Gasteiger partial charge >= 0.3 is 0 Å². The van der Waals surface area contributed by atoms with Crippen LogP contribution in [0.4, 0.5) is 0 Å². The summed E-state index contributed by atoms with van der Waals surface area (Å²) in [5.74, 6) is 0.719. The highest BCUT2D eigenvalue weighted by Crippen LogP contribution is 2.33. The Labute approximate surface area is 110 Å². The maximum absolute atomic E-state index is 5.85. The lowest BCUT2D eigenvalue weighted by atomic mass is 9.86. The van der Waals surface area contributed by atoms with Gasteiger partial charge in [0, 0.05) is 0 Å². The number of nitrogens with zero attached hydrogens (tertiary/aromatic N) is 1. The summed E-state index contributed by atoms with van der Waals surface area (Å²) >= 11 is 1.65. The topological polar surface area (TPSA) is 26.0 Å². The first-order valence-corrected chi connectivity index (χ1v) is 6.87. The van der Waals surface area contributed by atoms with Crippen LogP contribution in [0, 0.1) is 0 Å². The van der Waals surface area contributed by atoms with Gasteiger partial charge < -0.3 is 4.42 Å². The average Bonchev–Trinajstić information content (AvgIpc) is 2.95. The lowest BCUT2D eigenvalue weighted by Crippen LogP contribution is -2.11. The quantitative estimate of drug-likeness (QED) is 0.622. The minimum Gasteiger partial charge on any atom is -0.435 e. The molecule has 3 rings (SSSR count). The number of benzene rings is 1. The van der Waals surface area contributed by atoms with Gasteiger partial charge in [-0.15, -0.1) is 11.3 Å². The van der Waals surface area contributed by atoms with Crippen LogP contribution in [0.1, 0.15) is 26.3 Å². The molecule has 0 aliphatic heterocycles. The molecule has 1 aromatic carbocycles. The van der Waals surface area contributed by atoms with Gasteiger partial charge in [0.1, 0.15) is 5.52 Å². The maximum Gasteiger partial charge on any atom is 0.237 e. The fourth-order valence-corrected chi connectivity index (χ4v) is 2.71. The van der Waals surface area contributed by atoms with Crippen LogP contribution in [-0.4, -0.2) is 4.98 Å². The first kappa shape index (κ1) is 11.5. The van der Waals surface area contributed by atoms with Gasteiger partial charge in [0.25, 0.3) is 0 Å². The average molecular weight is 257 g/mol. The molecule has 2 heterocycles. The lowest BCUT2D eigenvalue weighted by molar-refractivity contribution is 0.593. The molecular weight excluding hydrogens is 242 g/mol. The number of hydrogen-bond donors (Lipinski definition) is 0. The maximum atomic E-state index is 5.85. The molecule has 0 spiro atoms. The van der Waals surface area contributed by atoms with Crippen molar-refractivity contribution in [3.63, 3.8) is 0 Å².